The van der Waals surface area contributed by atoms with E-state index in [1.165, 1.54) is 24.3 Å². The number of benzene rings is 2. The van der Waals surface area contributed by atoms with Crippen LogP contribution in [0.1, 0.15) is 21.5 Å². The predicted octanol–water partition coefficient (Wildman–Crippen LogP) is 1.80. The molecule has 1 heterocycles. The number of carbonyl (C=O) groups is 1. The molecule has 3 aromatic rings. The molecule has 0 amide bonds. The second-order valence-electron chi connectivity index (χ2n) is 4.82. The molecule has 3 rings (SSSR count). The van der Waals surface area contributed by atoms with Gasteiger partial charge in [0.2, 0.25) is 0 Å². The van der Waals surface area contributed by atoms with E-state index in [-0.39, 0.29) is 46.2 Å². The number of hydrogen-bond donors (Lipinski definition) is 1. The summed E-state index contributed by atoms with van der Waals surface area (Å²) in [5.74, 6) is -1.69. The average molecular weight is 376 g/mol. The van der Waals surface area contributed by atoms with Gasteiger partial charge in [-0.25, -0.2) is 4.39 Å². The van der Waals surface area contributed by atoms with Crippen LogP contribution < -0.4 is 0 Å². The van der Waals surface area contributed by atoms with Crippen LogP contribution in [-0.2, 0) is 15.9 Å². The molecule has 24 heavy (non-hydrogen) atoms. The molecule has 0 radical (unpaired) electrons. The van der Waals surface area contributed by atoms with Crippen LogP contribution in [0.3, 0.4) is 0 Å². The Morgan fingerprint density at radius 1 is 1.12 bits per heavy atom. The van der Waals surface area contributed by atoms with E-state index in [0.717, 1.165) is 23.9 Å². The van der Waals surface area contributed by atoms with Gasteiger partial charge in [-0.15, -0.1) is 0 Å². The summed E-state index contributed by atoms with van der Waals surface area (Å²) in [5.41, 5.74) is 1.27. The van der Waals surface area contributed by atoms with Crippen molar-refractivity contribution in [2.45, 2.75) is 5.75 Å². The topological polar surface area (TPSA) is 97.2 Å². The summed E-state index contributed by atoms with van der Waals surface area (Å²) in [6.07, 6.45) is 0. The summed E-state index contributed by atoms with van der Waals surface area (Å²) in [5, 5.41) is 0. The Morgan fingerprint density at radius 2 is 1.71 bits per heavy atom. The summed E-state index contributed by atoms with van der Waals surface area (Å²) in [4.78, 5) is 12.6. The molecule has 0 aliphatic rings. The molecule has 0 unspecified atom stereocenters. The maximum atomic E-state index is 13.0. The van der Waals surface area contributed by atoms with E-state index in [4.69, 9.17) is 4.55 Å². The summed E-state index contributed by atoms with van der Waals surface area (Å²) in [6.45, 7) is 0. The monoisotopic (exact) mass is 376 g/mol. The molecule has 0 fully saturated rings. The van der Waals surface area contributed by atoms with Crippen molar-refractivity contribution in [1.82, 2.24) is 8.75 Å². The zero-order valence-corrected chi connectivity index (χ0v) is 13.1. The molecule has 0 spiro atoms. The fraction of sp³-hybridized carbons (Fsp3) is 0.0714. The maximum absolute atomic E-state index is 13.0. The Morgan fingerprint density at radius 3 is 2.29 bits per heavy atom. The van der Waals surface area contributed by atoms with E-state index < -0.39 is 27.5 Å². The molecule has 1 aromatic heterocycles. The second kappa shape index (κ2) is 7.34. The van der Waals surface area contributed by atoms with Gasteiger partial charge in [-0.3, -0.25) is 9.35 Å². The summed E-state index contributed by atoms with van der Waals surface area (Å²) < 4.78 is 52.5. The van der Waals surface area contributed by atoms with Gasteiger partial charge in [0, 0.05) is 11.1 Å². The SMILES string of the molecule is O=C(c1ccc(F)cc1)c1cc2nsnc2cc1CS(=O)(=O)O.[NaH]. The van der Waals surface area contributed by atoms with Crippen molar-refractivity contribution in [2.75, 3.05) is 0 Å². The van der Waals surface area contributed by atoms with Crippen molar-refractivity contribution in [3.05, 3.63) is 58.9 Å². The van der Waals surface area contributed by atoms with E-state index >= 15 is 0 Å². The Balaban J connectivity index is 0.00000208. The van der Waals surface area contributed by atoms with Gasteiger partial charge in [0.15, 0.2) is 5.78 Å². The van der Waals surface area contributed by atoms with E-state index in [1.54, 1.807) is 0 Å². The first kappa shape index (κ1) is 19.1. The molecule has 0 atom stereocenters. The Kier molecular flexibility index (Phi) is 5.84. The first-order chi connectivity index (χ1) is 10.8. The van der Waals surface area contributed by atoms with Gasteiger partial charge in [-0.05, 0) is 42.0 Å². The fourth-order valence-electron chi connectivity index (χ4n) is 2.16. The minimum atomic E-state index is -4.33. The van der Waals surface area contributed by atoms with Crippen molar-refractivity contribution >= 4 is 68.2 Å². The number of ketones is 1. The molecule has 0 bridgehead atoms. The number of fused-ring (bicyclic) bond motifs is 1. The number of aromatic nitrogens is 2. The van der Waals surface area contributed by atoms with E-state index in [0.29, 0.717) is 11.0 Å². The molecule has 120 valence electrons. The quantitative estimate of drug-likeness (QED) is 0.424. The van der Waals surface area contributed by atoms with Gasteiger partial charge in [0.1, 0.15) is 22.6 Å². The van der Waals surface area contributed by atoms with Crippen molar-refractivity contribution in [2.24, 2.45) is 0 Å². The Bertz CT molecular complexity index is 1000. The molecular formula is C14H10FN2NaO4S2. The summed E-state index contributed by atoms with van der Waals surface area (Å²) in [6, 6.07) is 7.71. The molecule has 0 aliphatic carbocycles. The van der Waals surface area contributed by atoms with E-state index in [1.807, 2.05) is 0 Å². The standard InChI is InChI=1S/C14H9FN2O4S2.Na.H/c15-10-3-1-8(2-4-10)14(18)11-6-13-12(16-22-17-13)5-9(11)7-23(19,20)21;;/h1-6H,7H2,(H,19,20,21);;. The van der Waals surface area contributed by atoms with Gasteiger partial charge in [-0.2, -0.15) is 17.2 Å². The van der Waals surface area contributed by atoms with Gasteiger partial charge in [-0.1, -0.05) is 0 Å². The van der Waals surface area contributed by atoms with Crippen molar-refractivity contribution in [3.63, 3.8) is 0 Å². The van der Waals surface area contributed by atoms with Crippen molar-refractivity contribution in [3.8, 4) is 0 Å². The molecule has 6 nitrogen and oxygen atoms in total. The van der Waals surface area contributed by atoms with Crippen LogP contribution in [0, 0.1) is 5.82 Å². The molecule has 0 aliphatic heterocycles. The average Bonchev–Trinajstić information content (AvgIpc) is 2.92. The van der Waals surface area contributed by atoms with Crippen LogP contribution in [0.15, 0.2) is 36.4 Å². The molecule has 1 N–H and O–H groups in total. The van der Waals surface area contributed by atoms with E-state index in [2.05, 4.69) is 8.75 Å². The van der Waals surface area contributed by atoms with Gasteiger partial charge in [0.25, 0.3) is 10.1 Å². The third-order valence-electron chi connectivity index (χ3n) is 3.17. The third-order valence-corrected chi connectivity index (χ3v) is 4.40. The number of nitrogens with zero attached hydrogens (tertiary/aromatic N) is 2. The van der Waals surface area contributed by atoms with Crippen LogP contribution in [0.5, 0.6) is 0 Å². The second-order valence-corrected chi connectivity index (χ2v) is 6.81. The molecule has 0 saturated heterocycles. The zero-order chi connectivity index (χ0) is 16.6. The first-order valence-corrected chi connectivity index (χ1v) is 8.68. The molecule has 0 saturated carbocycles. The number of hydrogen-bond acceptors (Lipinski definition) is 6. The van der Waals surface area contributed by atoms with Crippen LogP contribution in [-0.4, -0.2) is 57.1 Å². The third kappa shape index (κ3) is 4.24. The van der Waals surface area contributed by atoms with Gasteiger partial charge >= 0.3 is 29.6 Å². The first-order valence-electron chi connectivity index (χ1n) is 6.34. The Hall–Kier alpha value is -1.23. The predicted molar refractivity (Wildman–Crippen MR) is 89.6 cm³/mol. The number of halogens is 1. The van der Waals surface area contributed by atoms with Crippen molar-refractivity contribution in [1.29, 1.82) is 0 Å². The number of rotatable bonds is 4. The van der Waals surface area contributed by atoms with Gasteiger partial charge in [0.05, 0.1) is 11.7 Å². The van der Waals surface area contributed by atoms with Crippen LogP contribution in [0.4, 0.5) is 4.39 Å². The van der Waals surface area contributed by atoms with Gasteiger partial charge < -0.3 is 0 Å². The molecule has 10 heteroatoms. The summed E-state index contributed by atoms with van der Waals surface area (Å²) >= 11 is 0.925. The normalized spacial score (nSPS) is 11.2. The van der Waals surface area contributed by atoms with Crippen LogP contribution in [0.25, 0.3) is 11.0 Å². The number of carbonyl (C=O) groups excluding carboxylic acids is 1. The van der Waals surface area contributed by atoms with Crippen molar-refractivity contribution < 1.29 is 22.2 Å². The fourth-order valence-corrected chi connectivity index (χ4v) is 3.30. The molecular weight excluding hydrogens is 366 g/mol. The van der Waals surface area contributed by atoms with Crippen LogP contribution >= 0.6 is 11.7 Å². The molecule has 2 aromatic carbocycles. The minimum absolute atomic E-state index is 0. The summed E-state index contributed by atoms with van der Waals surface area (Å²) in [7, 11) is -4.33. The van der Waals surface area contributed by atoms with Crippen LogP contribution in [0.2, 0.25) is 0 Å². The van der Waals surface area contributed by atoms with E-state index in [9.17, 15) is 17.6 Å². The zero-order valence-electron chi connectivity index (χ0n) is 11.4. The Labute approximate surface area is 163 Å².